The summed E-state index contributed by atoms with van der Waals surface area (Å²) < 4.78 is 5.50. The van der Waals surface area contributed by atoms with Gasteiger partial charge >= 0.3 is 23.9 Å². The Labute approximate surface area is 202 Å². The van der Waals surface area contributed by atoms with E-state index in [0.29, 0.717) is 6.29 Å². The molecule has 0 saturated carbocycles. The van der Waals surface area contributed by atoms with Crippen molar-refractivity contribution in [2.24, 2.45) is 0 Å². The first kappa shape index (κ1) is 29.6. The zero-order valence-electron chi connectivity index (χ0n) is 19.2. The summed E-state index contributed by atoms with van der Waals surface area (Å²) in [6.07, 6.45) is 0.534. The van der Waals surface area contributed by atoms with Gasteiger partial charge in [0.2, 0.25) is 0 Å². The number of rotatable bonds is 20. The Morgan fingerprint density at radius 3 is 1.89 bits per heavy atom. The van der Waals surface area contributed by atoms with E-state index in [1.54, 1.807) is 24.3 Å². The summed E-state index contributed by atoms with van der Waals surface area (Å²) in [5, 5.41) is 37.1. The van der Waals surface area contributed by atoms with Crippen molar-refractivity contribution in [2.75, 3.05) is 59.0 Å². The molecule has 0 amide bonds. The van der Waals surface area contributed by atoms with Crippen LogP contribution in [0.5, 0.6) is 0 Å². The van der Waals surface area contributed by atoms with Crippen LogP contribution < -0.4 is 0 Å². The predicted molar refractivity (Wildman–Crippen MR) is 121 cm³/mol. The molecule has 0 aliphatic rings. The first-order chi connectivity index (χ1) is 16.6. The Morgan fingerprint density at radius 2 is 1.34 bits per heavy atom. The third kappa shape index (κ3) is 13.2. The third-order valence-electron chi connectivity index (χ3n) is 4.94. The zero-order valence-corrected chi connectivity index (χ0v) is 19.2. The van der Waals surface area contributed by atoms with Crippen LogP contribution in [-0.2, 0) is 35.3 Å². The Morgan fingerprint density at radius 1 is 0.800 bits per heavy atom. The molecule has 1 aromatic rings. The lowest BCUT2D eigenvalue weighted by Crippen LogP contribution is -2.50. The van der Waals surface area contributed by atoms with Crippen LogP contribution in [0.2, 0.25) is 0 Å². The summed E-state index contributed by atoms with van der Waals surface area (Å²) in [5.41, 5.74) is 0.815. The fourth-order valence-electron chi connectivity index (χ4n) is 3.26. The van der Waals surface area contributed by atoms with E-state index in [0.717, 1.165) is 5.56 Å². The number of carboxylic acids is 4. The minimum absolute atomic E-state index is 0.00988. The second-order valence-electron chi connectivity index (χ2n) is 7.68. The molecular weight excluding hydrogens is 466 g/mol. The van der Waals surface area contributed by atoms with Crippen LogP contribution in [0.3, 0.4) is 0 Å². The average molecular weight is 498 g/mol. The molecule has 13 nitrogen and oxygen atoms in total. The highest BCUT2D eigenvalue weighted by Gasteiger charge is 2.28. The Kier molecular flexibility index (Phi) is 13.8. The molecule has 1 unspecified atom stereocenters. The maximum Gasteiger partial charge on any atom is 0.323 e. The van der Waals surface area contributed by atoms with Gasteiger partial charge in [0, 0.05) is 26.2 Å². The Hall–Kier alpha value is -3.39. The maximum atomic E-state index is 11.9. The van der Waals surface area contributed by atoms with Crippen molar-refractivity contribution in [1.82, 2.24) is 14.7 Å². The average Bonchev–Trinajstić information content (AvgIpc) is 2.77. The van der Waals surface area contributed by atoms with Crippen LogP contribution in [0.15, 0.2) is 30.3 Å². The van der Waals surface area contributed by atoms with E-state index in [4.69, 9.17) is 9.84 Å². The summed E-state index contributed by atoms with van der Waals surface area (Å²) in [6, 6.07) is 7.72. The molecule has 0 spiro atoms. The number of benzene rings is 1. The number of ether oxygens (including phenoxy) is 1. The first-order valence-electron chi connectivity index (χ1n) is 10.7. The van der Waals surface area contributed by atoms with Gasteiger partial charge in [-0.2, -0.15) is 0 Å². The fraction of sp³-hybridized carbons (Fsp3) is 0.500. The monoisotopic (exact) mass is 497 g/mol. The maximum absolute atomic E-state index is 11.9. The fourth-order valence-corrected chi connectivity index (χ4v) is 3.26. The third-order valence-corrected chi connectivity index (χ3v) is 4.94. The highest BCUT2D eigenvalue weighted by Crippen LogP contribution is 2.07. The van der Waals surface area contributed by atoms with Gasteiger partial charge in [-0.25, -0.2) is 0 Å². The smallest absolute Gasteiger partial charge is 0.323 e. The van der Waals surface area contributed by atoms with E-state index in [1.807, 2.05) is 6.07 Å². The molecule has 1 aromatic carbocycles. The molecule has 4 N–H and O–H groups in total. The molecular formula is C22H31N3O10. The van der Waals surface area contributed by atoms with Crippen molar-refractivity contribution >= 4 is 30.2 Å². The highest BCUT2D eigenvalue weighted by atomic mass is 16.5. The number of aldehydes is 1. The van der Waals surface area contributed by atoms with Crippen molar-refractivity contribution < 1.29 is 49.1 Å². The number of carbonyl (C=O) groups is 5. The van der Waals surface area contributed by atoms with Crippen molar-refractivity contribution in [3.63, 3.8) is 0 Å². The van der Waals surface area contributed by atoms with Gasteiger partial charge in [0.05, 0.1) is 39.4 Å². The van der Waals surface area contributed by atoms with Gasteiger partial charge in [-0.1, -0.05) is 30.3 Å². The normalized spacial score (nSPS) is 12.1. The first-order valence-corrected chi connectivity index (χ1v) is 10.7. The topological polar surface area (TPSA) is 185 Å². The summed E-state index contributed by atoms with van der Waals surface area (Å²) >= 11 is 0. The lowest BCUT2D eigenvalue weighted by molar-refractivity contribution is -0.149. The summed E-state index contributed by atoms with van der Waals surface area (Å²) in [7, 11) is 0. The van der Waals surface area contributed by atoms with Crippen molar-refractivity contribution in [1.29, 1.82) is 0 Å². The molecule has 1 atom stereocenters. The summed E-state index contributed by atoms with van der Waals surface area (Å²) in [6.45, 7) is -1.75. The van der Waals surface area contributed by atoms with Crippen LogP contribution in [-0.4, -0.2) is 130 Å². The van der Waals surface area contributed by atoms with Gasteiger partial charge in [0.1, 0.15) is 12.3 Å². The van der Waals surface area contributed by atoms with E-state index in [1.165, 1.54) is 14.7 Å². The molecule has 0 heterocycles. The molecule has 0 aliphatic carbocycles. The molecule has 35 heavy (non-hydrogen) atoms. The van der Waals surface area contributed by atoms with Crippen LogP contribution in [0.25, 0.3) is 0 Å². The Bertz CT molecular complexity index is 836. The lowest BCUT2D eigenvalue weighted by atomic mass is 10.2. The standard InChI is InChI=1S/C22H31N3O10/c26-11-10-24(13-20(29)30)7-6-23(12-19(27)28)8-9-25(14-21(31)32)18(22(33)34)16-35-15-17-4-2-1-3-5-17/h1-5,11,18H,6-10,12-16H2,(H,27,28)(H,29,30)(H,31,32)(H,33,34). The largest absolute Gasteiger partial charge is 0.480 e. The van der Waals surface area contributed by atoms with Crippen LogP contribution in [0, 0.1) is 0 Å². The zero-order chi connectivity index (χ0) is 26.2. The van der Waals surface area contributed by atoms with Gasteiger partial charge in [0.25, 0.3) is 0 Å². The quantitative estimate of drug-likeness (QED) is 0.161. The van der Waals surface area contributed by atoms with E-state index >= 15 is 0 Å². The van der Waals surface area contributed by atoms with Crippen LogP contribution >= 0.6 is 0 Å². The minimum Gasteiger partial charge on any atom is -0.480 e. The number of carboxylic acid groups (broad SMARTS) is 4. The SMILES string of the molecule is O=CCN(CCN(CCN(CC(=O)O)C(COCc1ccccc1)C(=O)O)CC(=O)O)CC(=O)O. The molecule has 0 radical (unpaired) electrons. The number of aliphatic carboxylic acids is 4. The van der Waals surface area contributed by atoms with Crippen molar-refractivity contribution in [3.05, 3.63) is 35.9 Å². The minimum atomic E-state index is -1.29. The molecule has 0 aromatic heterocycles. The predicted octanol–water partition coefficient (Wildman–Crippen LogP) is -0.985. The molecule has 13 heteroatoms. The summed E-state index contributed by atoms with van der Waals surface area (Å²) in [4.78, 5) is 60.1. The second kappa shape index (κ2) is 16.3. The van der Waals surface area contributed by atoms with Gasteiger partial charge < -0.3 is 30.0 Å². The van der Waals surface area contributed by atoms with E-state index in [2.05, 4.69) is 0 Å². The molecule has 1 rings (SSSR count). The number of hydrogen-bond acceptors (Lipinski definition) is 9. The highest BCUT2D eigenvalue weighted by molar-refractivity contribution is 5.75. The van der Waals surface area contributed by atoms with Crippen molar-refractivity contribution in [3.8, 4) is 0 Å². The van der Waals surface area contributed by atoms with E-state index in [-0.39, 0.29) is 45.9 Å². The van der Waals surface area contributed by atoms with Crippen LogP contribution in [0.4, 0.5) is 0 Å². The number of carbonyl (C=O) groups excluding carboxylic acids is 1. The second-order valence-corrected chi connectivity index (χ2v) is 7.68. The van der Waals surface area contributed by atoms with Crippen LogP contribution in [0.1, 0.15) is 5.56 Å². The Balaban J connectivity index is 2.83. The molecule has 0 saturated heterocycles. The molecule has 0 fully saturated rings. The van der Waals surface area contributed by atoms with Gasteiger partial charge in [0.15, 0.2) is 0 Å². The van der Waals surface area contributed by atoms with Crippen molar-refractivity contribution in [2.45, 2.75) is 12.6 Å². The molecule has 194 valence electrons. The summed E-state index contributed by atoms with van der Waals surface area (Å²) in [5.74, 6) is -4.87. The van der Waals surface area contributed by atoms with E-state index < -0.39 is 49.6 Å². The number of nitrogens with zero attached hydrogens (tertiary/aromatic N) is 3. The van der Waals surface area contributed by atoms with Gasteiger partial charge in [-0.05, 0) is 5.56 Å². The van der Waals surface area contributed by atoms with Gasteiger partial charge in [-0.3, -0.25) is 33.9 Å². The lowest BCUT2D eigenvalue weighted by Gasteiger charge is -2.30. The molecule has 0 aliphatic heterocycles. The molecule has 0 bridgehead atoms. The number of hydrogen-bond donors (Lipinski definition) is 4. The van der Waals surface area contributed by atoms with E-state index in [9.17, 15) is 39.3 Å². The van der Waals surface area contributed by atoms with Gasteiger partial charge in [-0.15, -0.1) is 0 Å².